The van der Waals surface area contributed by atoms with Crippen LogP contribution in [-0.4, -0.2) is 44.3 Å². The second kappa shape index (κ2) is 14.7. The van der Waals surface area contributed by atoms with E-state index in [0.717, 1.165) is 28.3 Å². The SMILES string of the molecule is CCCCNC(=O)[C@H](CC)N(Cc1c(Cl)cccc1Cl)C(=O)CN(c1cc(C)cc(C)c1)S(=O)(=O)c1ccccc1. The van der Waals surface area contributed by atoms with E-state index < -0.39 is 28.5 Å². The summed E-state index contributed by atoms with van der Waals surface area (Å²) < 4.78 is 29.0. The topological polar surface area (TPSA) is 86.8 Å². The Hall–Kier alpha value is -3.07. The summed E-state index contributed by atoms with van der Waals surface area (Å²) in [5.41, 5.74) is 2.54. The average molecular weight is 619 g/mol. The molecule has 7 nitrogen and oxygen atoms in total. The number of nitrogens with one attached hydrogen (secondary N) is 1. The van der Waals surface area contributed by atoms with E-state index in [-0.39, 0.29) is 17.3 Å². The second-order valence-corrected chi connectivity index (χ2v) is 12.6. The first-order valence-electron chi connectivity index (χ1n) is 13.7. The lowest BCUT2D eigenvalue weighted by atomic mass is 10.1. The first-order chi connectivity index (χ1) is 19.5. The molecule has 220 valence electrons. The van der Waals surface area contributed by atoms with Gasteiger partial charge >= 0.3 is 0 Å². The fourth-order valence-corrected chi connectivity index (χ4v) is 6.56. The first kappa shape index (κ1) is 32.4. The van der Waals surface area contributed by atoms with Gasteiger partial charge in [-0.05, 0) is 74.2 Å². The summed E-state index contributed by atoms with van der Waals surface area (Å²) >= 11 is 12.9. The molecule has 1 N–H and O–H groups in total. The maximum Gasteiger partial charge on any atom is 0.264 e. The summed E-state index contributed by atoms with van der Waals surface area (Å²) in [5, 5.41) is 3.60. The number of nitrogens with zero attached hydrogens (tertiary/aromatic N) is 2. The zero-order valence-corrected chi connectivity index (χ0v) is 26.2. The number of sulfonamides is 1. The molecule has 0 saturated carbocycles. The van der Waals surface area contributed by atoms with Crippen LogP contribution >= 0.6 is 23.2 Å². The van der Waals surface area contributed by atoms with Gasteiger partial charge in [0.1, 0.15) is 12.6 Å². The molecular weight excluding hydrogens is 581 g/mol. The highest BCUT2D eigenvalue weighted by molar-refractivity contribution is 7.92. The van der Waals surface area contributed by atoms with E-state index >= 15 is 0 Å². The number of unbranched alkanes of at least 4 members (excludes halogenated alkanes) is 1. The van der Waals surface area contributed by atoms with E-state index in [0.29, 0.717) is 34.3 Å². The minimum Gasteiger partial charge on any atom is -0.354 e. The molecule has 0 aliphatic rings. The van der Waals surface area contributed by atoms with Crippen LogP contribution in [0, 0.1) is 13.8 Å². The maximum absolute atomic E-state index is 14.2. The second-order valence-electron chi connectivity index (χ2n) is 9.96. The molecule has 0 spiro atoms. The normalized spacial score (nSPS) is 12.0. The number of benzene rings is 3. The van der Waals surface area contributed by atoms with Gasteiger partial charge in [0.2, 0.25) is 11.8 Å². The maximum atomic E-state index is 14.2. The van der Waals surface area contributed by atoms with Crippen LogP contribution in [0.15, 0.2) is 71.6 Å². The largest absolute Gasteiger partial charge is 0.354 e. The van der Waals surface area contributed by atoms with Crippen molar-refractivity contribution in [2.75, 3.05) is 17.4 Å². The minimum atomic E-state index is -4.14. The molecule has 3 aromatic rings. The molecule has 2 amide bonds. The highest BCUT2D eigenvalue weighted by atomic mass is 35.5. The number of rotatable bonds is 13. The fourth-order valence-electron chi connectivity index (χ4n) is 4.62. The van der Waals surface area contributed by atoms with Crippen molar-refractivity contribution in [3.05, 3.63) is 93.5 Å². The summed E-state index contributed by atoms with van der Waals surface area (Å²) in [4.78, 5) is 28.9. The quantitative estimate of drug-likeness (QED) is 0.221. The van der Waals surface area contributed by atoms with Gasteiger partial charge in [-0.2, -0.15) is 0 Å². The Kier molecular flexibility index (Phi) is 11.6. The molecule has 1 atom stereocenters. The van der Waals surface area contributed by atoms with Gasteiger partial charge in [0.15, 0.2) is 0 Å². The van der Waals surface area contributed by atoms with E-state index in [9.17, 15) is 18.0 Å². The van der Waals surface area contributed by atoms with Crippen molar-refractivity contribution in [1.29, 1.82) is 0 Å². The van der Waals surface area contributed by atoms with Crippen LogP contribution in [0.1, 0.15) is 49.8 Å². The lowest BCUT2D eigenvalue weighted by Crippen LogP contribution is -2.52. The fraction of sp³-hybridized carbons (Fsp3) is 0.355. The molecule has 0 saturated heterocycles. The van der Waals surface area contributed by atoms with Gasteiger partial charge < -0.3 is 10.2 Å². The number of hydrogen-bond donors (Lipinski definition) is 1. The van der Waals surface area contributed by atoms with Gasteiger partial charge in [-0.3, -0.25) is 13.9 Å². The number of carbonyl (C=O) groups is 2. The van der Waals surface area contributed by atoms with Crippen LogP contribution in [0.3, 0.4) is 0 Å². The lowest BCUT2D eigenvalue weighted by molar-refractivity contribution is -0.140. The average Bonchev–Trinajstić information content (AvgIpc) is 2.93. The molecule has 0 aliphatic carbocycles. The Morgan fingerprint density at radius 2 is 1.51 bits per heavy atom. The third kappa shape index (κ3) is 8.24. The summed E-state index contributed by atoms with van der Waals surface area (Å²) in [7, 11) is -4.14. The molecule has 0 bridgehead atoms. The number of amides is 2. The molecule has 41 heavy (non-hydrogen) atoms. The monoisotopic (exact) mass is 617 g/mol. The van der Waals surface area contributed by atoms with Crippen molar-refractivity contribution in [3.63, 3.8) is 0 Å². The van der Waals surface area contributed by atoms with Crippen molar-refractivity contribution in [1.82, 2.24) is 10.2 Å². The molecule has 3 rings (SSSR count). The smallest absolute Gasteiger partial charge is 0.264 e. The van der Waals surface area contributed by atoms with Crippen LogP contribution in [-0.2, 0) is 26.2 Å². The van der Waals surface area contributed by atoms with Crippen molar-refractivity contribution >= 4 is 50.7 Å². The number of anilines is 1. The van der Waals surface area contributed by atoms with Gasteiger partial charge in [0, 0.05) is 28.7 Å². The van der Waals surface area contributed by atoms with E-state index in [1.807, 2.05) is 26.8 Å². The zero-order chi connectivity index (χ0) is 30.2. The molecule has 0 fully saturated rings. The Balaban J connectivity index is 2.10. The third-order valence-corrected chi connectivity index (χ3v) is 9.21. The van der Waals surface area contributed by atoms with Gasteiger partial charge in [-0.25, -0.2) is 8.42 Å². The van der Waals surface area contributed by atoms with Crippen molar-refractivity contribution in [2.45, 2.75) is 64.4 Å². The predicted molar refractivity (Wildman–Crippen MR) is 166 cm³/mol. The number of aryl methyl sites for hydroxylation is 2. The van der Waals surface area contributed by atoms with E-state index in [1.165, 1.54) is 17.0 Å². The Morgan fingerprint density at radius 3 is 2.07 bits per heavy atom. The molecule has 0 aromatic heterocycles. The van der Waals surface area contributed by atoms with Crippen LogP contribution in [0.5, 0.6) is 0 Å². The minimum absolute atomic E-state index is 0.0528. The third-order valence-electron chi connectivity index (χ3n) is 6.71. The van der Waals surface area contributed by atoms with Crippen molar-refractivity contribution in [2.24, 2.45) is 0 Å². The van der Waals surface area contributed by atoms with Gasteiger partial charge in [-0.1, -0.05) is 73.8 Å². The van der Waals surface area contributed by atoms with E-state index in [2.05, 4.69) is 5.32 Å². The van der Waals surface area contributed by atoms with Crippen molar-refractivity contribution < 1.29 is 18.0 Å². The number of halogens is 2. The van der Waals surface area contributed by atoms with Crippen LogP contribution in [0.2, 0.25) is 10.0 Å². The lowest BCUT2D eigenvalue weighted by Gasteiger charge is -2.33. The zero-order valence-electron chi connectivity index (χ0n) is 23.9. The highest BCUT2D eigenvalue weighted by Gasteiger charge is 2.34. The Labute approximate surface area is 253 Å². The van der Waals surface area contributed by atoms with E-state index in [1.54, 1.807) is 55.5 Å². The first-order valence-corrected chi connectivity index (χ1v) is 15.8. The van der Waals surface area contributed by atoms with Gasteiger partial charge in [0.05, 0.1) is 10.6 Å². The van der Waals surface area contributed by atoms with Crippen LogP contribution in [0.4, 0.5) is 5.69 Å². The molecule has 0 radical (unpaired) electrons. The molecule has 10 heteroatoms. The molecule has 0 heterocycles. The molecule has 0 unspecified atom stereocenters. The summed E-state index contributed by atoms with van der Waals surface area (Å²) in [6.07, 6.45) is 2.00. The standard InChI is InChI=1S/C31H37Cl2N3O4S/c1-5-7-16-34-31(38)29(6-2)35(20-26-27(32)14-11-15-28(26)33)30(37)21-36(24-18-22(3)17-23(4)19-24)41(39,40)25-12-9-8-10-13-25/h8-15,17-19,29H,5-7,16,20-21H2,1-4H3,(H,34,38)/t29-/m0/s1. The Morgan fingerprint density at radius 1 is 0.902 bits per heavy atom. The van der Waals surface area contributed by atoms with Gasteiger partial charge in [0.25, 0.3) is 10.0 Å². The van der Waals surface area contributed by atoms with Crippen LogP contribution < -0.4 is 9.62 Å². The summed E-state index contributed by atoms with van der Waals surface area (Å²) in [6, 6.07) is 17.5. The highest BCUT2D eigenvalue weighted by Crippen LogP contribution is 2.29. The number of hydrogen-bond acceptors (Lipinski definition) is 4. The van der Waals surface area contributed by atoms with Gasteiger partial charge in [-0.15, -0.1) is 0 Å². The van der Waals surface area contributed by atoms with Crippen molar-refractivity contribution in [3.8, 4) is 0 Å². The molecular formula is C31H37Cl2N3O4S. The summed E-state index contributed by atoms with van der Waals surface area (Å²) in [5.74, 6) is -0.876. The predicted octanol–water partition coefficient (Wildman–Crippen LogP) is 6.53. The van der Waals surface area contributed by atoms with Crippen LogP contribution in [0.25, 0.3) is 0 Å². The molecule has 0 aliphatic heterocycles. The van der Waals surface area contributed by atoms with E-state index in [4.69, 9.17) is 23.2 Å². The molecule has 3 aromatic carbocycles. The number of carbonyl (C=O) groups excluding carboxylic acids is 2. The Bertz CT molecular complexity index is 1420. The summed E-state index contributed by atoms with van der Waals surface area (Å²) in [6.45, 7) is 7.44.